The minimum atomic E-state index is -1.69. The third kappa shape index (κ3) is 2.20. The lowest BCUT2D eigenvalue weighted by Crippen LogP contribution is -2.51. The fraction of sp³-hybridized carbons (Fsp3) is 0.273. The maximum absolute atomic E-state index is 13.4. The number of carbonyl (C=O) groups excluding carboxylic acids is 2. The summed E-state index contributed by atoms with van der Waals surface area (Å²) in [6.07, 6.45) is 3.59. The fourth-order valence-corrected chi connectivity index (χ4v) is 4.84. The Morgan fingerprint density at radius 2 is 1.89 bits per heavy atom. The molecule has 28 heavy (non-hydrogen) atoms. The number of benzene rings is 2. The Morgan fingerprint density at radius 3 is 2.64 bits per heavy atom. The summed E-state index contributed by atoms with van der Waals surface area (Å²) in [6, 6.07) is 14.7. The second-order valence-electron chi connectivity index (χ2n) is 7.30. The zero-order valence-corrected chi connectivity index (χ0v) is 16.1. The monoisotopic (exact) mass is 394 g/mol. The standard InChI is InChI=1S/C22H19ClN2O3/c1-28-16-8-9-17-14(13-16)7-10-19-18(17)11-12-24-20(26)22(23,21(27)25(19)24)15-5-3-2-4-6-15/h2-6,8-9,11,13,19H,7,10,12H2,1H3. The molecule has 0 spiro atoms. The summed E-state index contributed by atoms with van der Waals surface area (Å²) in [5, 5.41) is 3.09. The molecule has 142 valence electrons. The van der Waals surface area contributed by atoms with Crippen molar-refractivity contribution >= 4 is 29.0 Å². The number of fused-ring (bicyclic) bond motifs is 5. The van der Waals surface area contributed by atoms with Gasteiger partial charge in [-0.15, -0.1) is 0 Å². The Hall–Kier alpha value is -2.79. The molecular weight excluding hydrogens is 376 g/mol. The van der Waals surface area contributed by atoms with Crippen molar-refractivity contribution in [3.05, 3.63) is 71.3 Å². The summed E-state index contributed by atoms with van der Waals surface area (Å²) in [6.45, 7) is 0.336. The number of carbonyl (C=O) groups is 2. The Labute approximate surface area is 168 Å². The lowest BCUT2D eigenvalue weighted by atomic mass is 9.82. The minimum absolute atomic E-state index is 0.185. The largest absolute Gasteiger partial charge is 0.497 e. The SMILES string of the molecule is COc1ccc2c(c1)CCC1C2=CCN2C(=O)C(Cl)(c3ccccc3)C(=O)N12. The summed E-state index contributed by atoms with van der Waals surface area (Å²) in [7, 11) is 1.66. The van der Waals surface area contributed by atoms with Crippen LogP contribution in [0.2, 0.25) is 0 Å². The van der Waals surface area contributed by atoms with Crippen molar-refractivity contribution < 1.29 is 14.3 Å². The van der Waals surface area contributed by atoms with Gasteiger partial charge in [-0.25, -0.2) is 10.0 Å². The van der Waals surface area contributed by atoms with E-state index < -0.39 is 4.87 Å². The van der Waals surface area contributed by atoms with E-state index in [1.165, 1.54) is 10.6 Å². The van der Waals surface area contributed by atoms with Gasteiger partial charge in [0.2, 0.25) is 4.87 Å². The number of hydrogen-bond donors (Lipinski definition) is 0. The van der Waals surface area contributed by atoms with E-state index in [0.717, 1.165) is 29.7 Å². The number of methoxy groups -OCH3 is 1. The molecule has 1 aliphatic carbocycles. The first-order valence-corrected chi connectivity index (χ1v) is 9.71. The normalized spacial score (nSPS) is 25.8. The van der Waals surface area contributed by atoms with Crippen molar-refractivity contribution in [2.24, 2.45) is 0 Å². The van der Waals surface area contributed by atoms with E-state index in [0.29, 0.717) is 12.1 Å². The lowest BCUT2D eigenvalue weighted by molar-refractivity contribution is -0.149. The lowest BCUT2D eigenvalue weighted by Gasteiger charge is -2.42. The van der Waals surface area contributed by atoms with E-state index in [4.69, 9.17) is 16.3 Å². The van der Waals surface area contributed by atoms with Gasteiger partial charge in [0, 0.05) is 0 Å². The highest BCUT2D eigenvalue weighted by Crippen LogP contribution is 2.46. The van der Waals surface area contributed by atoms with Gasteiger partial charge in [-0.1, -0.05) is 54.1 Å². The molecule has 2 unspecified atom stereocenters. The Kier molecular flexibility index (Phi) is 3.78. The molecule has 2 aromatic carbocycles. The Balaban J connectivity index is 1.56. The van der Waals surface area contributed by atoms with Gasteiger partial charge in [-0.05, 0) is 47.2 Å². The molecule has 2 aromatic rings. The third-order valence-electron chi connectivity index (χ3n) is 5.91. The summed E-state index contributed by atoms with van der Waals surface area (Å²) >= 11 is 6.72. The highest BCUT2D eigenvalue weighted by Gasteiger charge is 2.61. The van der Waals surface area contributed by atoms with E-state index in [9.17, 15) is 9.59 Å². The second kappa shape index (κ2) is 6.11. The predicted molar refractivity (Wildman–Crippen MR) is 106 cm³/mol. The average molecular weight is 395 g/mol. The van der Waals surface area contributed by atoms with Crippen molar-refractivity contribution in [1.29, 1.82) is 0 Å². The fourth-order valence-electron chi connectivity index (χ4n) is 4.53. The van der Waals surface area contributed by atoms with Crippen LogP contribution in [0, 0.1) is 0 Å². The maximum atomic E-state index is 13.4. The quantitative estimate of drug-likeness (QED) is 0.581. The Bertz CT molecular complexity index is 1020. The van der Waals surface area contributed by atoms with Crippen LogP contribution in [0.5, 0.6) is 5.75 Å². The van der Waals surface area contributed by atoms with Crippen LogP contribution in [0.15, 0.2) is 54.6 Å². The van der Waals surface area contributed by atoms with Gasteiger partial charge in [-0.3, -0.25) is 9.59 Å². The van der Waals surface area contributed by atoms with Crippen molar-refractivity contribution in [3.8, 4) is 5.75 Å². The highest BCUT2D eigenvalue weighted by atomic mass is 35.5. The number of nitrogens with zero attached hydrogens (tertiary/aromatic N) is 2. The number of aryl methyl sites for hydroxylation is 1. The Morgan fingerprint density at radius 1 is 1.11 bits per heavy atom. The number of halogens is 1. The van der Waals surface area contributed by atoms with Crippen LogP contribution < -0.4 is 4.74 Å². The van der Waals surface area contributed by atoms with Crippen LogP contribution in [0.1, 0.15) is 23.1 Å². The van der Waals surface area contributed by atoms with Crippen LogP contribution in [0.3, 0.4) is 0 Å². The van der Waals surface area contributed by atoms with Gasteiger partial charge in [-0.2, -0.15) is 0 Å². The molecule has 2 heterocycles. The van der Waals surface area contributed by atoms with Gasteiger partial charge in [0.1, 0.15) is 5.75 Å². The van der Waals surface area contributed by atoms with Crippen molar-refractivity contribution in [3.63, 3.8) is 0 Å². The number of alkyl halides is 1. The van der Waals surface area contributed by atoms with E-state index >= 15 is 0 Å². The molecule has 5 rings (SSSR count). The summed E-state index contributed by atoms with van der Waals surface area (Å²) in [5.74, 6) is 0.0886. The van der Waals surface area contributed by atoms with E-state index in [-0.39, 0.29) is 17.9 Å². The molecule has 0 N–H and O–H groups in total. The third-order valence-corrected chi connectivity index (χ3v) is 6.45. The van der Waals surface area contributed by atoms with Gasteiger partial charge in [0.15, 0.2) is 0 Å². The smallest absolute Gasteiger partial charge is 0.277 e. The molecule has 0 aromatic heterocycles. The number of amides is 2. The molecule has 2 amide bonds. The van der Waals surface area contributed by atoms with Crippen molar-refractivity contribution in [1.82, 2.24) is 10.0 Å². The zero-order chi connectivity index (χ0) is 19.5. The van der Waals surface area contributed by atoms with E-state index in [1.54, 1.807) is 36.4 Å². The number of rotatable bonds is 2. The first kappa shape index (κ1) is 17.3. The zero-order valence-electron chi connectivity index (χ0n) is 15.4. The van der Waals surface area contributed by atoms with E-state index in [2.05, 4.69) is 0 Å². The van der Waals surface area contributed by atoms with E-state index in [1.807, 2.05) is 30.3 Å². The molecule has 1 fully saturated rings. The average Bonchev–Trinajstić information content (AvgIpc) is 2.95. The van der Waals surface area contributed by atoms with Crippen molar-refractivity contribution in [2.45, 2.75) is 23.8 Å². The van der Waals surface area contributed by atoms with Gasteiger partial charge < -0.3 is 4.74 Å². The second-order valence-corrected chi connectivity index (χ2v) is 7.87. The highest BCUT2D eigenvalue weighted by molar-refractivity contribution is 6.47. The first-order chi connectivity index (χ1) is 13.6. The molecule has 0 radical (unpaired) electrons. The van der Waals surface area contributed by atoms with Crippen LogP contribution in [0.25, 0.3) is 5.57 Å². The summed E-state index contributed by atoms with van der Waals surface area (Å²) in [5.41, 5.74) is 3.91. The molecule has 0 saturated carbocycles. The van der Waals surface area contributed by atoms with Crippen LogP contribution in [-0.2, 0) is 20.9 Å². The topological polar surface area (TPSA) is 49.9 Å². The number of ether oxygens (including phenoxy) is 1. The van der Waals surface area contributed by atoms with Crippen LogP contribution in [-0.4, -0.2) is 41.5 Å². The molecule has 2 aliphatic heterocycles. The van der Waals surface area contributed by atoms with Gasteiger partial charge in [0.05, 0.1) is 19.7 Å². The predicted octanol–water partition coefficient (Wildman–Crippen LogP) is 3.13. The molecule has 5 nitrogen and oxygen atoms in total. The number of hydrazine groups is 1. The first-order valence-electron chi connectivity index (χ1n) is 9.33. The maximum Gasteiger partial charge on any atom is 0.277 e. The molecule has 2 atom stereocenters. The summed E-state index contributed by atoms with van der Waals surface area (Å²) in [4.78, 5) is 24.9. The minimum Gasteiger partial charge on any atom is -0.497 e. The molecular formula is C22H19ClN2O3. The van der Waals surface area contributed by atoms with Gasteiger partial charge in [0.25, 0.3) is 11.8 Å². The molecule has 0 bridgehead atoms. The van der Waals surface area contributed by atoms with Crippen LogP contribution in [0.4, 0.5) is 0 Å². The molecule has 3 aliphatic rings. The summed E-state index contributed by atoms with van der Waals surface area (Å²) < 4.78 is 5.34. The van der Waals surface area contributed by atoms with Crippen molar-refractivity contribution in [2.75, 3.05) is 13.7 Å². The van der Waals surface area contributed by atoms with Gasteiger partial charge >= 0.3 is 0 Å². The number of hydrogen-bond acceptors (Lipinski definition) is 3. The molecule has 1 saturated heterocycles. The molecule has 6 heteroatoms. The van der Waals surface area contributed by atoms with Crippen LogP contribution >= 0.6 is 11.6 Å².